The van der Waals surface area contributed by atoms with Crippen molar-refractivity contribution < 1.29 is 4.79 Å². The van der Waals surface area contributed by atoms with Gasteiger partial charge in [0, 0.05) is 19.1 Å². The summed E-state index contributed by atoms with van der Waals surface area (Å²) in [4.78, 5) is 13.4. The second kappa shape index (κ2) is 5.78. The third kappa shape index (κ3) is 3.89. The van der Waals surface area contributed by atoms with E-state index in [1.54, 1.807) is 6.08 Å². The van der Waals surface area contributed by atoms with E-state index in [-0.39, 0.29) is 11.9 Å². The molecule has 1 atom stereocenters. The predicted octanol–water partition coefficient (Wildman–Crippen LogP) is -0.288. The Bertz CT molecular complexity index is 206. The van der Waals surface area contributed by atoms with Crippen LogP contribution < -0.4 is 11.1 Å². The van der Waals surface area contributed by atoms with Crippen molar-refractivity contribution in [3.8, 4) is 0 Å². The predicted molar refractivity (Wildman–Crippen MR) is 56.9 cm³/mol. The van der Waals surface area contributed by atoms with Crippen molar-refractivity contribution in [1.82, 2.24) is 10.2 Å². The van der Waals surface area contributed by atoms with E-state index in [1.165, 1.54) is 0 Å². The molecule has 14 heavy (non-hydrogen) atoms. The highest BCUT2D eigenvalue weighted by molar-refractivity contribution is 5.78. The summed E-state index contributed by atoms with van der Waals surface area (Å²) in [5.74, 6) is 0.0546. The van der Waals surface area contributed by atoms with E-state index in [2.05, 4.69) is 16.8 Å². The second-order valence-corrected chi connectivity index (χ2v) is 3.73. The summed E-state index contributed by atoms with van der Waals surface area (Å²) in [5.41, 5.74) is 5.81. The summed E-state index contributed by atoms with van der Waals surface area (Å²) < 4.78 is 0. The first-order valence-corrected chi connectivity index (χ1v) is 5.08. The first kappa shape index (κ1) is 11.2. The number of nitrogens with zero attached hydrogens (tertiary/aromatic N) is 1. The van der Waals surface area contributed by atoms with Crippen LogP contribution in [0.15, 0.2) is 12.7 Å². The van der Waals surface area contributed by atoms with Crippen molar-refractivity contribution in [3.05, 3.63) is 12.7 Å². The molecule has 1 fully saturated rings. The van der Waals surface area contributed by atoms with Gasteiger partial charge >= 0.3 is 0 Å². The monoisotopic (exact) mass is 197 g/mol. The highest BCUT2D eigenvalue weighted by Gasteiger charge is 2.18. The minimum atomic E-state index is 0.0546. The van der Waals surface area contributed by atoms with Crippen LogP contribution in [-0.2, 0) is 4.79 Å². The van der Waals surface area contributed by atoms with Gasteiger partial charge in [-0.15, -0.1) is 6.58 Å². The van der Waals surface area contributed by atoms with Crippen molar-refractivity contribution in [2.45, 2.75) is 18.9 Å². The van der Waals surface area contributed by atoms with E-state index in [0.29, 0.717) is 13.1 Å². The lowest BCUT2D eigenvalue weighted by Crippen LogP contribution is -2.46. The topological polar surface area (TPSA) is 58.4 Å². The van der Waals surface area contributed by atoms with Crippen LogP contribution in [0.5, 0.6) is 0 Å². The number of amides is 1. The van der Waals surface area contributed by atoms with Gasteiger partial charge in [0.1, 0.15) is 0 Å². The van der Waals surface area contributed by atoms with E-state index in [1.807, 2.05) is 0 Å². The van der Waals surface area contributed by atoms with Crippen molar-refractivity contribution in [2.75, 3.05) is 26.2 Å². The lowest BCUT2D eigenvalue weighted by atomic mass is 10.1. The Morgan fingerprint density at radius 1 is 1.71 bits per heavy atom. The molecule has 0 aromatic rings. The summed E-state index contributed by atoms with van der Waals surface area (Å²) >= 11 is 0. The van der Waals surface area contributed by atoms with Crippen molar-refractivity contribution >= 4 is 5.91 Å². The Labute approximate surface area is 85.1 Å². The van der Waals surface area contributed by atoms with Gasteiger partial charge in [0.05, 0.1) is 6.54 Å². The maximum Gasteiger partial charge on any atom is 0.234 e. The average Bonchev–Trinajstić information content (AvgIpc) is 2.15. The molecule has 0 aliphatic carbocycles. The van der Waals surface area contributed by atoms with Crippen LogP contribution in [0.3, 0.4) is 0 Å². The van der Waals surface area contributed by atoms with E-state index in [4.69, 9.17) is 5.73 Å². The molecule has 4 heteroatoms. The molecule has 1 saturated heterocycles. The zero-order valence-corrected chi connectivity index (χ0v) is 8.54. The molecule has 1 heterocycles. The third-order valence-electron chi connectivity index (χ3n) is 2.35. The number of piperidine rings is 1. The number of hydrogen-bond donors (Lipinski definition) is 2. The molecule has 0 bridgehead atoms. The lowest BCUT2D eigenvalue weighted by Gasteiger charge is -2.29. The van der Waals surface area contributed by atoms with Gasteiger partial charge in [-0.1, -0.05) is 6.08 Å². The summed E-state index contributed by atoms with van der Waals surface area (Å²) in [6, 6.07) is 0.232. The highest BCUT2D eigenvalue weighted by atomic mass is 16.2. The Balaban J connectivity index is 2.21. The Morgan fingerprint density at radius 2 is 2.50 bits per heavy atom. The van der Waals surface area contributed by atoms with E-state index >= 15 is 0 Å². The molecule has 4 nitrogen and oxygen atoms in total. The number of hydrogen-bond acceptors (Lipinski definition) is 3. The van der Waals surface area contributed by atoms with Gasteiger partial charge in [0.15, 0.2) is 0 Å². The summed E-state index contributed by atoms with van der Waals surface area (Å²) in [7, 11) is 0. The van der Waals surface area contributed by atoms with Crippen LogP contribution in [0.1, 0.15) is 12.8 Å². The quantitative estimate of drug-likeness (QED) is 0.609. The number of nitrogens with one attached hydrogen (secondary N) is 1. The summed E-state index contributed by atoms with van der Waals surface area (Å²) in [6.45, 7) is 6.36. The second-order valence-electron chi connectivity index (χ2n) is 3.73. The number of carbonyl (C=O) groups excluding carboxylic acids is 1. The lowest BCUT2D eigenvalue weighted by molar-refractivity contribution is -0.122. The summed E-state index contributed by atoms with van der Waals surface area (Å²) in [5, 5.41) is 2.75. The van der Waals surface area contributed by atoms with Gasteiger partial charge < -0.3 is 11.1 Å². The molecule has 1 aliphatic heterocycles. The number of likely N-dealkylation sites (tertiary alicyclic amines) is 1. The Kier molecular flexibility index (Phi) is 4.62. The average molecular weight is 197 g/mol. The molecule has 0 radical (unpaired) electrons. The van der Waals surface area contributed by atoms with Crippen LogP contribution in [0.4, 0.5) is 0 Å². The number of carbonyl (C=O) groups is 1. The molecule has 1 amide bonds. The molecule has 1 aliphatic rings. The molecule has 0 spiro atoms. The van der Waals surface area contributed by atoms with Gasteiger partial charge in [-0.3, -0.25) is 9.69 Å². The number of nitrogens with two attached hydrogens (primary N) is 1. The molecule has 0 aromatic heterocycles. The fourth-order valence-corrected chi connectivity index (χ4v) is 1.68. The van der Waals surface area contributed by atoms with Crippen LogP contribution in [-0.4, -0.2) is 43.0 Å². The van der Waals surface area contributed by atoms with Gasteiger partial charge in [-0.25, -0.2) is 0 Å². The Morgan fingerprint density at radius 3 is 3.14 bits per heavy atom. The molecule has 1 rings (SSSR count). The molecule has 80 valence electrons. The zero-order chi connectivity index (χ0) is 10.4. The fraction of sp³-hybridized carbons (Fsp3) is 0.700. The first-order chi connectivity index (χ1) is 6.72. The van der Waals surface area contributed by atoms with E-state index in [0.717, 1.165) is 25.9 Å². The minimum Gasteiger partial charge on any atom is -0.352 e. The molecular formula is C10H19N3O. The number of rotatable bonds is 4. The molecule has 3 N–H and O–H groups in total. The summed E-state index contributed by atoms with van der Waals surface area (Å²) in [6.07, 6.45) is 3.85. The molecule has 0 saturated carbocycles. The van der Waals surface area contributed by atoms with Crippen molar-refractivity contribution in [2.24, 2.45) is 5.73 Å². The van der Waals surface area contributed by atoms with Crippen LogP contribution >= 0.6 is 0 Å². The van der Waals surface area contributed by atoms with Gasteiger partial charge in [-0.05, 0) is 19.4 Å². The van der Waals surface area contributed by atoms with Gasteiger partial charge in [-0.2, -0.15) is 0 Å². The maximum atomic E-state index is 11.3. The Hall–Kier alpha value is -0.870. The zero-order valence-electron chi connectivity index (χ0n) is 8.54. The SMILES string of the molecule is C=CCNC(=O)CN1CCC[C@@H](N)C1. The first-order valence-electron chi connectivity index (χ1n) is 5.08. The minimum absolute atomic E-state index is 0.0546. The van der Waals surface area contributed by atoms with Gasteiger partial charge in [0.2, 0.25) is 5.91 Å². The molecule has 0 unspecified atom stereocenters. The van der Waals surface area contributed by atoms with Crippen LogP contribution in [0, 0.1) is 0 Å². The standard InChI is InChI=1S/C10H19N3O/c1-2-5-12-10(14)8-13-6-3-4-9(11)7-13/h2,9H,1,3-8,11H2,(H,12,14)/t9-/m1/s1. The largest absolute Gasteiger partial charge is 0.352 e. The van der Waals surface area contributed by atoms with Crippen LogP contribution in [0.2, 0.25) is 0 Å². The molecule has 0 aromatic carbocycles. The maximum absolute atomic E-state index is 11.3. The van der Waals surface area contributed by atoms with Crippen molar-refractivity contribution in [3.63, 3.8) is 0 Å². The smallest absolute Gasteiger partial charge is 0.234 e. The fourth-order valence-electron chi connectivity index (χ4n) is 1.68. The van der Waals surface area contributed by atoms with Gasteiger partial charge in [0.25, 0.3) is 0 Å². The van der Waals surface area contributed by atoms with E-state index < -0.39 is 0 Å². The highest BCUT2D eigenvalue weighted by Crippen LogP contribution is 2.06. The van der Waals surface area contributed by atoms with E-state index in [9.17, 15) is 4.79 Å². The van der Waals surface area contributed by atoms with Crippen LogP contribution in [0.25, 0.3) is 0 Å². The molecular weight excluding hydrogens is 178 g/mol. The normalized spacial score (nSPS) is 23.1. The van der Waals surface area contributed by atoms with Crippen molar-refractivity contribution in [1.29, 1.82) is 0 Å². The third-order valence-corrected chi connectivity index (χ3v) is 2.35.